The topological polar surface area (TPSA) is 105 Å². The van der Waals surface area contributed by atoms with Crippen LogP contribution in [0, 0.1) is 6.92 Å². The fourth-order valence-corrected chi connectivity index (χ4v) is 3.20. The molecule has 140 valence electrons. The average molecular weight is 388 g/mol. The zero-order chi connectivity index (χ0) is 19.6. The summed E-state index contributed by atoms with van der Waals surface area (Å²) in [6, 6.07) is 9.76. The molecule has 0 spiro atoms. The molecule has 8 heteroatoms. The minimum atomic E-state index is -1.08. The number of benzene rings is 1. The number of pyridine rings is 1. The Balaban J connectivity index is 2.13. The quantitative estimate of drug-likeness (QED) is 0.671. The lowest BCUT2D eigenvalue weighted by Crippen LogP contribution is -2.32. The number of aliphatic hydroxyl groups excluding tert-OH is 1. The van der Waals surface area contributed by atoms with Gasteiger partial charge in [0.2, 0.25) is 5.43 Å². The van der Waals surface area contributed by atoms with E-state index >= 15 is 0 Å². The summed E-state index contributed by atoms with van der Waals surface area (Å²) in [5, 5.41) is 23.3. The third-order valence-corrected chi connectivity index (χ3v) is 4.62. The first-order chi connectivity index (χ1) is 12.9. The maximum absolute atomic E-state index is 12.8. The summed E-state index contributed by atoms with van der Waals surface area (Å²) >= 11 is 6.32. The van der Waals surface area contributed by atoms with Crippen LogP contribution < -0.4 is 10.6 Å². The summed E-state index contributed by atoms with van der Waals surface area (Å²) < 4.78 is 1.47. The van der Waals surface area contributed by atoms with Crippen LogP contribution in [-0.2, 0) is 17.6 Å². The van der Waals surface area contributed by atoms with E-state index < -0.39 is 11.4 Å². The molecule has 0 amide bonds. The lowest BCUT2D eigenvalue weighted by molar-refractivity contribution is -0.136. The van der Waals surface area contributed by atoms with E-state index in [1.807, 2.05) is 30.3 Å². The largest absolute Gasteiger partial charge is 0.511 e. The smallest absolute Gasteiger partial charge is 0.303 e. The molecule has 7 nitrogen and oxygen atoms in total. The Morgan fingerprint density at radius 2 is 1.85 bits per heavy atom. The Hall–Kier alpha value is -2.93. The van der Waals surface area contributed by atoms with E-state index in [2.05, 4.69) is 10.1 Å². The molecule has 3 rings (SSSR count). The number of carbonyl (C=O) groups is 1. The van der Waals surface area contributed by atoms with Crippen LogP contribution in [0.4, 0.5) is 0 Å². The molecule has 0 fully saturated rings. The van der Waals surface area contributed by atoms with Crippen LogP contribution in [-0.4, -0.2) is 30.8 Å². The van der Waals surface area contributed by atoms with Gasteiger partial charge in [0, 0.05) is 6.42 Å². The van der Waals surface area contributed by atoms with E-state index in [0.717, 1.165) is 5.56 Å². The van der Waals surface area contributed by atoms with Crippen molar-refractivity contribution in [1.29, 1.82) is 0 Å². The first-order valence-corrected chi connectivity index (χ1v) is 8.82. The second-order valence-corrected chi connectivity index (χ2v) is 6.56. The van der Waals surface area contributed by atoms with Gasteiger partial charge in [-0.3, -0.25) is 9.59 Å². The van der Waals surface area contributed by atoms with Crippen molar-refractivity contribution in [2.75, 3.05) is 0 Å². The highest BCUT2D eigenvalue weighted by atomic mass is 35.5. The summed E-state index contributed by atoms with van der Waals surface area (Å²) in [5.41, 5.74) is 1.22. The monoisotopic (exact) mass is 387 g/mol. The molecular formula is C19H18ClN3O4. The van der Waals surface area contributed by atoms with Crippen molar-refractivity contribution in [3.05, 3.63) is 67.9 Å². The van der Waals surface area contributed by atoms with Crippen molar-refractivity contribution in [1.82, 2.24) is 14.6 Å². The molecule has 27 heavy (non-hydrogen) atoms. The summed E-state index contributed by atoms with van der Waals surface area (Å²) in [6.07, 6.45) is 0.624. The molecule has 3 aromatic rings. The number of hydrogen-bond acceptors (Lipinski definition) is 5. The molecule has 0 aliphatic rings. The highest BCUT2D eigenvalue weighted by Crippen LogP contribution is 2.15. The van der Waals surface area contributed by atoms with Gasteiger partial charge >= 0.3 is 5.97 Å². The Morgan fingerprint density at radius 1 is 1.15 bits per heavy atom. The summed E-state index contributed by atoms with van der Waals surface area (Å²) in [4.78, 5) is 27.8. The molecule has 1 aromatic carbocycles. The Morgan fingerprint density at radius 3 is 2.52 bits per heavy atom. The number of halogens is 1. The van der Waals surface area contributed by atoms with E-state index in [9.17, 15) is 14.7 Å². The lowest BCUT2D eigenvalue weighted by atomic mass is 10.1. The molecule has 2 N–H and O–H groups in total. The third-order valence-electron chi connectivity index (χ3n) is 4.23. The molecule has 0 unspecified atom stereocenters. The van der Waals surface area contributed by atoms with Gasteiger partial charge < -0.3 is 10.2 Å². The standard InChI is InChI=1S/C19H18ClN3O4/c1-11-21-19-16(14(24)9-10-15(25)26)18(27)17(20)13(23(19)22-11)8-7-12-5-3-2-4-6-12/h2-6,24H,7-10H2,1H3,(H,25,26). The van der Waals surface area contributed by atoms with Crippen LogP contribution >= 0.6 is 11.6 Å². The molecule has 0 saturated heterocycles. The first kappa shape index (κ1) is 18.8. The second-order valence-electron chi connectivity index (χ2n) is 6.19. The van der Waals surface area contributed by atoms with Crippen molar-refractivity contribution in [3.63, 3.8) is 0 Å². The van der Waals surface area contributed by atoms with E-state index in [4.69, 9.17) is 16.7 Å². The SMILES string of the molecule is Cc1nc2c(=C(O)CCC(=O)O)c(=O)c(Cl)c(CCc3ccccc3)n2n1. The number of fused-ring (bicyclic) bond motifs is 1. The number of carboxylic acid groups (broad SMARTS) is 1. The van der Waals surface area contributed by atoms with Crippen molar-refractivity contribution in [2.24, 2.45) is 0 Å². The van der Waals surface area contributed by atoms with Crippen LogP contribution in [0.3, 0.4) is 0 Å². The predicted octanol–water partition coefficient (Wildman–Crippen LogP) is 2.09. The zero-order valence-corrected chi connectivity index (χ0v) is 15.4. The summed E-state index contributed by atoms with van der Waals surface area (Å²) in [5.74, 6) is -1.01. The van der Waals surface area contributed by atoms with Gasteiger partial charge in [-0.25, -0.2) is 9.50 Å². The Kier molecular flexibility index (Phi) is 5.41. The number of aliphatic carboxylic acids is 1. The summed E-state index contributed by atoms with van der Waals surface area (Å²) in [6.45, 7) is 1.67. The van der Waals surface area contributed by atoms with Gasteiger partial charge in [0.25, 0.3) is 0 Å². The fourth-order valence-electron chi connectivity index (χ4n) is 2.93. The molecular weight excluding hydrogens is 370 g/mol. The van der Waals surface area contributed by atoms with Gasteiger partial charge in [-0.15, -0.1) is 0 Å². The van der Waals surface area contributed by atoms with Gasteiger partial charge in [0.15, 0.2) is 5.65 Å². The Labute approximate surface area is 159 Å². The average Bonchev–Trinajstić information content (AvgIpc) is 3.02. The van der Waals surface area contributed by atoms with Gasteiger partial charge in [0.1, 0.15) is 21.8 Å². The number of carboxylic acids is 1. The number of nitrogens with zero attached hydrogens (tertiary/aromatic N) is 3. The molecule has 0 atom stereocenters. The van der Waals surface area contributed by atoms with Crippen LogP contribution in [0.1, 0.15) is 29.9 Å². The minimum Gasteiger partial charge on any atom is -0.511 e. The molecule has 0 saturated carbocycles. The molecule has 0 radical (unpaired) electrons. The van der Waals surface area contributed by atoms with E-state index in [0.29, 0.717) is 24.4 Å². The minimum absolute atomic E-state index is 0.0415. The Bertz CT molecular complexity index is 1110. The molecule has 0 aliphatic heterocycles. The van der Waals surface area contributed by atoms with E-state index in [-0.39, 0.29) is 34.5 Å². The number of hydrogen-bond donors (Lipinski definition) is 2. The molecule has 2 aromatic heterocycles. The van der Waals surface area contributed by atoms with Gasteiger partial charge in [-0.2, -0.15) is 5.10 Å². The maximum Gasteiger partial charge on any atom is 0.303 e. The van der Waals surface area contributed by atoms with Crippen molar-refractivity contribution >= 4 is 29.0 Å². The van der Waals surface area contributed by atoms with Crippen LogP contribution in [0.2, 0.25) is 5.02 Å². The van der Waals surface area contributed by atoms with E-state index in [1.54, 1.807) is 6.92 Å². The fraction of sp³-hybridized carbons (Fsp3) is 0.263. The number of aromatic nitrogens is 3. The zero-order valence-electron chi connectivity index (χ0n) is 14.6. The molecule has 0 aliphatic carbocycles. The third kappa shape index (κ3) is 3.93. The summed E-state index contributed by atoms with van der Waals surface area (Å²) in [7, 11) is 0. The van der Waals surface area contributed by atoms with Crippen molar-refractivity contribution in [3.8, 4) is 0 Å². The van der Waals surface area contributed by atoms with Crippen LogP contribution in [0.5, 0.6) is 0 Å². The van der Waals surface area contributed by atoms with Gasteiger partial charge in [-0.1, -0.05) is 41.9 Å². The first-order valence-electron chi connectivity index (χ1n) is 8.44. The highest BCUT2D eigenvalue weighted by Gasteiger charge is 2.18. The maximum atomic E-state index is 12.8. The van der Waals surface area contributed by atoms with Crippen LogP contribution in [0.25, 0.3) is 11.4 Å². The molecule has 2 heterocycles. The van der Waals surface area contributed by atoms with Gasteiger partial charge in [0.05, 0.1) is 12.1 Å². The molecule has 0 bridgehead atoms. The van der Waals surface area contributed by atoms with Crippen molar-refractivity contribution in [2.45, 2.75) is 32.6 Å². The number of aliphatic hydroxyl groups is 1. The van der Waals surface area contributed by atoms with Crippen molar-refractivity contribution < 1.29 is 15.0 Å². The number of rotatable bonds is 6. The van der Waals surface area contributed by atoms with Crippen LogP contribution in [0.15, 0.2) is 35.1 Å². The normalized spacial score (nSPS) is 12.4. The second kappa shape index (κ2) is 7.75. The highest BCUT2D eigenvalue weighted by molar-refractivity contribution is 6.31. The lowest BCUT2D eigenvalue weighted by Gasteiger charge is -2.08. The van der Waals surface area contributed by atoms with Gasteiger partial charge in [-0.05, 0) is 25.3 Å². The number of aryl methyl sites for hydroxylation is 3. The van der Waals surface area contributed by atoms with E-state index in [1.165, 1.54) is 4.52 Å². The predicted molar refractivity (Wildman–Crippen MR) is 101 cm³/mol.